The van der Waals surface area contributed by atoms with E-state index in [0.717, 1.165) is 36.8 Å². The molecule has 0 spiro atoms. The van der Waals surface area contributed by atoms with Gasteiger partial charge in [0, 0.05) is 42.0 Å². The van der Waals surface area contributed by atoms with Gasteiger partial charge < -0.3 is 15.0 Å². The Bertz CT molecular complexity index is 1160. The Morgan fingerprint density at radius 2 is 1.88 bits per heavy atom. The van der Waals surface area contributed by atoms with Gasteiger partial charge in [-0.05, 0) is 54.9 Å². The van der Waals surface area contributed by atoms with Gasteiger partial charge in [-0.3, -0.25) is 9.59 Å². The van der Waals surface area contributed by atoms with Gasteiger partial charge in [0.15, 0.2) is 0 Å². The van der Waals surface area contributed by atoms with Crippen molar-refractivity contribution in [3.05, 3.63) is 71.7 Å². The van der Waals surface area contributed by atoms with Gasteiger partial charge in [0.1, 0.15) is 5.82 Å². The first-order valence-electron chi connectivity index (χ1n) is 11.9. The molecule has 2 fully saturated rings. The van der Waals surface area contributed by atoms with Crippen LogP contribution in [0.25, 0.3) is 10.9 Å². The number of hydrogen-bond donors (Lipinski definition) is 2. The second-order valence-electron chi connectivity index (χ2n) is 9.41. The fraction of sp³-hybridized carbons (Fsp3) is 0.407. The molecule has 4 unspecified atom stereocenters. The third-order valence-corrected chi connectivity index (χ3v) is 7.64. The van der Waals surface area contributed by atoms with E-state index in [-0.39, 0.29) is 41.9 Å². The highest BCUT2D eigenvalue weighted by Gasteiger charge is 2.43. The van der Waals surface area contributed by atoms with E-state index in [1.54, 1.807) is 6.07 Å². The van der Waals surface area contributed by atoms with Gasteiger partial charge in [-0.1, -0.05) is 42.8 Å². The molecule has 2 heterocycles. The number of fused-ring (bicyclic) bond motifs is 2. The summed E-state index contributed by atoms with van der Waals surface area (Å²) < 4.78 is 14.8. The Hall–Kier alpha value is -3.15. The lowest BCUT2D eigenvalue weighted by molar-refractivity contribution is -0.152. The van der Waals surface area contributed by atoms with Gasteiger partial charge in [-0.15, -0.1) is 0 Å². The molecular formula is C27H29FN2O3. The largest absolute Gasteiger partial charge is 0.481 e. The first-order chi connectivity index (χ1) is 16.0. The molecule has 4 atom stereocenters. The van der Waals surface area contributed by atoms with E-state index < -0.39 is 5.97 Å². The molecule has 1 saturated carbocycles. The van der Waals surface area contributed by atoms with E-state index in [1.807, 2.05) is 47.5 Å². The van der Waals surface area contributed by atoms with Crippen molar-refractivity contribution in [1.82, 2.24) is 9.88 Å². The molecule has 1 amide bonds. The molecule has 1 aliphatic carbocycles. The van der Waals surface area contributed by atoms with Gasteiger partial charge >= 0.3 is 5.97 Å². The van der Waals surface area contributed by atoms with Crippen LogP contribution in [0.15, 0.2) is 54.7 Å². The van der Waals surface area contributed by atoms with E-state index in [1.165, 1.54) is 6.07 Å². The monoisotopic (exact) mass is 448 g/mol. The van der Waals surface area contributed by atoms with Crippen LogP contribution in [-0.4, -0.2) is 39.5 Å². The Labute approximate surface area is 192 Å². The maximum Gasteiger partial charge on any atom is 0.306 e. The Morgan fingerprint density at radius 1 is 1.06 bits per heavy atom. The van der Waals surface area contributed by atoms with Crippen LogP contribution in [0.3, 0.4) is 0 Å². The lowest BCUT2D eigenvalue weighted by atomic mass is 9.71. The summed E-state index contributed by atoms with van der Waals surface area (Å²) in [5.41, 5.74) is 2.46. The summed E-state index contributed by atoms with van der Waals surface area (Å²) in [6, 6.07) is 14.7. The molecule has 33 heavy (non-hydrogen) atoms. The number of hydrogen-bond acceptors (Lipinski definition) is 2. The number of amides is 1. The van der Waals surface area contributed by atoms with E-state index in [0.29, 0.717) is 23.9 Å². The molecule has 0 bridgehead atoms. The fourth-order valence-corrected chi connectivity index (χ4v) is 6.13. The number of nitrogens with one attached hydrogen (secondary N) is 1. The lowest BCUT2D eigenvalue weighted by Crippen LogP contribution is -2.53. The predicted octanol–water partition coefficient (Wildman–Crippen LogP) is 5.32. The molecule has 2 aromatic carbocycles. The van der Waals surface area contributed by atoms with Crippen LogP contribution in [0.1, 0.15) is 55.6 Å². The predicted molar refractivity (Wildman–Crippen MR) is 124 cm³/mol. The van der Waals surface area contributed by atoms with Crippen LogP contribution < -0.4 is 0 Å². The number of carboxylic acid groups (broad SMARTS) is 1. The normalized spacial score (nSPS) is 23.8. The van der Waals surface area contributed by atoms with E-state index >= 15 is 0 Å². The average molecular weight is 449 g/mol. The van der Waals surface area contributed by atoms with E-state index in [4.69, 9.17) is 0 Å². The van der Waals surface area contributed by atoms with Crippen LogP contribution in [0.5, 0.6) is 0 Å². The zero-order chi connectivity index (χ0) is 22.9. The summed E-state index contributed by atoms with van der Waals surface area (Å²) in [7, 11) is 0. The molecule has 172 valence electrons. The third kappa shape index (κ3) is 4.03. The highest BCUT2D eigenvalue weighted by molar-refractivity contribution is 5.86. The first-order valence-corrected chi connectivity index (χ1v) is 11.9. The number of carbonyl (C=O) groups excluding carboxylic acids is 1. The van der Waals surface area contributed by atoms with Crippen molar-refractivity contribution in [3.8, 4) is 0 Å². The number of H-pyrrole nitrogens is 1. The zero-order valence-electron chi connectivity index (χ0n) is 18.5. The van der Waals surface area contributed by atoms with Crippen molar-refractivity contribution < 1.29 is 19.1 Å². The molecule has 5 nitrogen and oxygen atoms in total. The maximum absolute atomic E-state index is 14.8. The van der Waals surface area contributed by atoms with Gasteiger partial charge in [0.25, 0.3) is 0 Å². The van der Waals surface area contributed by atoms with Gasteiger partial charge in [-0.25, -0.2) is 4.39 Å². The molecule has 2 aliphatic rings. The van der Waals surface area contributed by atoms with Crippen LogP contribution in [0.4, 0.5) is 4.39 Å². The fourth-order valence-electron chi connectivity index (χ4n) is 6.13. The minimum absolute atomic E-state index is 0.0165. The summed E-state index contributed by atoms with van der Waals surface area (Å²) in [6.07, 6.45) is 6.12. The van der Waals surface area contributed by atoms with Crippen molar-refractivity contribution in [3.63, 3.8) is 0 Å². The molecule has 1 saturated heterocycles. The molecule has 6 heteroatoms. The van der Waals surface area contributed by atoms with Crippen LogP contribution in [-0.2, 0) is 9.59 Å². The Kier molecular flexibility index (Phi) is 5.92. The van der Waals surface area contributed by atoms with Gasteiger partial charge in [-0.2, -0.15) is 0 Å². The number of aliphatic carboxylic acids is 1. The number of likely N-dealkylation sites (tertiary alicyclic amines) is 1. The number of halogens is 1. The number of nitrogens with zero attached hydrogens (tertiary/aromatic N) is 1. The quantitative estimate of drug-likeness (QED) is 0.555. The number of carboxylic acids is 1. The second kappa shape index (κ2) is 9.00. The standard InChI is InChI=1S/C27H29FN2O3/c28-22-11-5-12-23-26(22)21(16-29-23)20(17-7-2-1-3-8-17)15-25(31)30-14-6-10-18-19(27(32)33)9-4-13-24(18)30/h1-3,5,7-8,11-12,16,18-20,24,29H,4,6,9-10,13-15H2,(H,32,33). The second-order valence-corrected chi connectivity index (χ2v) is 9.41. The zero-order valence-corrected chi connectivity index (χ0v) is 18.5. The number of rotatable bonds is 5. The molecule has 5 rings (SSSR count). The topological polar surface area (TPSA) is 73.4 Å². The Morgan fingerprint density at radius 3 is 2.67 bits per heavy atom. The summed E-state index contributed by atoms with van der Waals surface area (Å²) >= 11 is 0. The number of aromatic amines is 1. The minimum atomic E-state index is -0.740. The van der Waals surface area contributed by atoms with Gasteiger partial charge in [0.2, 0.25) is 5.91 Å². The molecule has 2 N–H and O–H groups in total. The third-order valence-electron chi connectivity index (χ3n) is 7.64. The highest BCUT2D eigenvalue weighted by atomic mass is 19.1. The summed E-state index contributed by atoms with van der Waals surface area (Å²) in [4.78, 5) is 30.6. The summed E-state index contributed by atoms with van der Waals surface area (Å²) in [5.74, 6) is -1.65. The van der Waals surface area contributed by atoms with E-state index in [2.05, 4.69) is 4.98 Å². The van der Waals surface area contributed by atoms with Crippen molar-refractivity contribution in [2.75, 3.05) is 6.54 Å². The van der Waals surface area contributed by atoms with E-state index in [9.17, 15) is 19.1 Å². The maximum atomic E-state index is 14.8. The highest BCUT2D eigenvalue weighted by Crippen LogP contribution is 2.41. The number of carbonyl (C=O) groups is 2. The molecular weight excluding hydrogens is 419 g/mol. The Balaban J connectivity index is 1.47. The van der Waals surface area contributed by atoms with Crippen LogP contribution in [0, 0.1) is 17.7 Å². The first kappa shape index (κ1) is 21.7. The molecule has 1 aliphatic heterocycles. The number of benzene rings is 2. The number of piperidine rings is 1. The van der Waals surface area contributed by atoms with Crippen LogP contribution in [0.2, 0.25) is 0 Å². The van der Waals surface area contributed by atoms with Crippen LogP contribution >= 0.6 is 0 Å². The summed E-state index contributed by atoms with van der Waals surface area (Å²) in [6.45, 7) is 0.663. The lowest BCUT2D eigenvalue weighted by Gasteiger charge is -2.46. The smallest absolute Gasteiger partial charge is 0.306 e. The van der Waals surface area contributed by atoms with Crippen molar-refractivity contribution in [2.24, 2.45) is 11.8 Å². The molecule has 0 radical (unpaired) electrons. The summed E-state index contributed by atoms with van der Waals surface area (Å²) in [5, 5.41) is 10.2. The molecule has 1 aromatic heterocycles. The van der Waals surface area contributed by atoms with Crippen molar-refractivity contribution in [2.45, 2.75) is 50.5 Å². The number of aromatic nitrogens is 1. The van der Waals surface area contributed by atoms with Crippen molar-refractivity contribution in [1.29, 1.82) is 0 Å². The SMILES string of the molecule is O=C(O)C1CCCC2C1CCCN2C(=O)CC(c1ccccc1)c1c[nH]c2cccc(F)c12. The average Bonchev–Trinajstić information content (AvgIpc) is 3.27. The van der Waals surface area contributed by atoms with Gasteiger partial charge in [0.05, 0.1) is 5.92 Å². The molecule has 3 aromatic rings. The minimum Gasteiger partial charge on any atom is -0.481 e. The van der Waals surface area contributed by atoms with Crippen molar-refractivity contribution >= 4 is 22.8 Å².